The van der Waals surface area contributed by atoms with Gasteiger partial charge in [0.05, 0.1) is 29.3 Å². The Kier molecular flexibility index (Phi) is 5.79. The van der Waals surface area contributed by atoms with Crippen LogP contribution >= 0.6 is 35.0 Å². The van der Waals surface area contributed by atoms with Crippen molar-refractivity contribution in [3.63, 3.8) is 0 Å². The average Bonchev–Trinajstić information content (AvgIpc) is 3.12. The molecule has 2 aromatic rings. The van der Waals surface area contributed by atoms with Gasteiger partial charge in [-0.25, -0.2) is 8.42 Å². The van der Waals surface area contributed by atoms with Crippen LogP contribution in [0.25, 0.3) is 0 Å². The van der Waals surface area contributed by atoms with E-state index in [4.69, 9.17) is 23.2 Å². The molecule has 2 aromatic carbocycles. The largest absolute Gasteiger partial charge is 0.325 e. The number of anilines is 2. The van der Waals surface area contributed by atoms with Crippen LogP contribution in [-0.4, -0.2) is 48.8 Å². The number of nitrogens with one attached hydrogen (secondary N) is 1. The molecule has 2 atom stereocenters. The van der Waals surface area contributed by atoms with Gasteiger partial charge in [0.2, 0.25) is 5.91 Å². The molecule has 152 valence electrons. The predicted octanol–water partition coefficient (Wildman–Crippen LogP) is 3.71. The van der Waals surface area contributed by atoms with Crippen molar-refractivity contribution < 1.29 is 13.2 Å². The van der Waals surface area contributed by atoms with E-state index in [0.29, 0.717) is 20.9 Å². The smallest absolute Gasteiger partial charge is 0.234 e. The second kappa shape index (κ2) is 8.18. The van der Waals surface area contributed by atoms with Gasteiger partial charge in [-0.3, -0.25) is 9.79 Å². The quantitative estimate of drug-likeness (QED) is 0.737. The fourth-order valence-electron chi connectivity index (χ4n) is 3.43. The van der Waals surface area contributed by atoms with Gasteiger partial charge < -0.3 is 10.2 Å². The maximum absolute atomic E-state index is 12.4. The fourth-order valence-corrected chi connectivity index (χ4v) is 6.51. The third kappa shape index (κ3) is 4.71. The summed E-state index contributed by atoms with van der Waals surface area (Å²) in [5.74, 6) is 0.0192. The molecule has 2 aliphatic heterocycles. The number of hydrogen-bond donors (Lipinski definition) is 1. The summed E-state index contributed by atoms with van der Waals surface area (Å²) in [4.78, 5) is 18.9. The van der Waals surface area contributed by atoms with Crippen LogP contribution < -0.4 is 10.2 Å². The number of hydrogen-bond acceptors (Lipinski definition) is 6. The van der Waals surface area contributed by atoms with E-state index in [0.717, 1.165) is 5.69 Å². The molecule has 1 amide bonds. The summed E-state index contributed by atoms with van der Waals surface area (Å²) in [6.07, 6.45) is 0. The lowest BCUT2D eigenvalue weighted by Crippen LogP contribution is -2.39. The number of halogens is 2. The molecule has 10 heteroatoms. The van der Waals surface area contributed by atoms with Gasteiger partial charge in [0.1, 0.15) is 0 Å². The van der Waals surface area contributed by atoms with Crippen molar-refractivity contribution in [2.45, 2.75) is 12.1 Å². The van der Waals surface area contributed by atoms with Gasteiger partial charge in [-0.1, -0.05) is 41.0 Å². The number of fused-ring (bicyclic) bond motifs is 1. The van der Waals surface area contributed by atoms with E-state index in [-0.39, 0.29) is 35.2 Å². The number of amidine groups is 1. The summed E-state index contributed by atoms with van der Waals surface area (Å²) in [7, 11) is -3.13. The minimum absolute atomic E-state index is 0.0283. The van der Waals surface area contributed by atoms with Crippen LogP contribution in [0, 0.1) is 0 Å². The van der Waals surface area contributed by atoms with Crippen molar-refractivity contribution in [2.24, 2.45) is 4.99 Å². The van der Waals surface area contributed by atoms with E-state index in [1.807, 2.05) is 17.0 Å². The number of thioether (sulfide) groups is 1. The summed E-state index contributed by atoms with van der Waals surface area (Å²) < 4.78 is 24.2. The van der Waals surface area contributed by atoms with Gasteiger partial charge in [0, 0.05) is 21.4 Å². The zero-order chi connectivity index (χ0) is 20.6. The van der Waals surface area contributed by atoms with E-state index in [9.17, 15) is 13.2 Å². The molecule has 0 unspecified atom stereocenters. The van der Waals surface area contributed by atoms with Crippen molar-refractivity contribution in [3.8, 4) is 0 Å². The van der Waals surface area contributed by atoms with Crippen LogP contribution in [0.4, 0.5) is 11.4 Å². The average molecular weight is 470 g/mol. The van der Waals surface area contributed by atoms with Crippen LogP contribution in [0.15, 0.2) is 53.5 Å². The summed E-state index contributed by atoms with van der Waals surface area (Å²) in [5.41, 5.74) is 1.43. The Morgan fingerprint density at radius 2 is 1.90 bits per heavy atom. The number of amides is 1. The van der Waals surface area contributed by atoms with Gasteiger partial charge in [0.15, 0.2) is 15.0 Å². The molecule has 1 saturated heterocycles. The zero-order valence-electron chi connectivity index (χ0n) is 15.1. The lowest BCUT2D eigenvalue weighted by atomic mass is 10.1. The summed E-state index contributed by atoms with van der Waals surface area (Å²) >= 11 is 13.2. The number of benzene rings is 2. The summed E-state index contributed by atoms with van der Waals surface area (Å²) in [6.45, 7) is 0. The molecule has 2 heterocycles. The Bertz CT molecular complexity index is 1070. The Morgan fingerprint density at radius 1 is 1.14 bits per heavy atom. The van der Waals surface area contributed by atoms with Crippen molar-refractivity contribution in [2.75, 3.05) is 27.5 Å². The molecular weight excluding hydrogens is 453 g/mol. The second-order valence-electron chi connectivity index (χ2n) is 6.82. The number of carbonyl (C=O) groups is 1. The Morgan fingerprint density at radius 3 is 2.62 bits per heavy atom. The highest BCUT2D eigenvalue weighted by Gasteiger charge is 2.47. The zero-order valence-corrected chi connectivity index (χ0v) is 18.2. The lowest BCUT2D eigenvalue weighted by Gasteiger charge is -2.26. The van der Waals surface area contributed by atoms with E-state index in [2.05, 4.69) is 10.3 Å². The molecule has 0 aromatic heterocycles. The summed E-state index contributed by atoms with van der Waals surface area (Å²) in [5, 5.41) is 4.57. The van der Waals surface area contributed by atoms with Crippen LogP contribution in [-0.2, 0) is 14.6 Å². The molecule has 0 saturated carbocycles. The van der Waals surface area contributed by atoms with Crippen LogP contribution in [0.3, 0.4) is 0 Å². The third-order valence-corrected chi connectivity index (χ3v) is 7.81. The molecule has 6 nitrogen and oxygen atoms in total. The number of aliphatic imine (C=N–C) groups is 1. The summed E-state index contributed by atoms with van der Waals surface area (Å²) in [6, 6.07) is 13.5. The van der Waals surface area contributed by atoms with Gasteiger partial charge in [-0.2, -0.15) is 0 Å². The molecule has 0 spiro atoms. The highest BCUT2D eigenvalue weighted by molar-refractivity contribution is 8.14. The lowest BCUT2D eigenvalue weighted by molar-refractivity contribution is -0.113. The van der Waals surface area contributed by atoms with E-state index < -0.39 is 9.84 Å². The van der Waals surface area contributed by atoms with Crippen LogP contribution in [0.5, 0.6) is 0 Å². The SMILES string of the molecule is O=C(CSC1=N[C@@H]2CS(=O)(=O)C[C@@H]2N1c1ccc(Cl)cc1)Nc1cccc(Cl)c1. The van der Waals surface area contributed by atoms with Gasteiger partial charge in [0.25, 0.3) is 0 Å². The third-order valence-electron chi connectivity index (χ3n) is 4.65. The standard InChI is InChI=1S/C19H17Cl2N3O3S2/c20-12-4-6-15(7-5-12)24-17-11-29(26,27)10-16(17)23-19(24)28-9-18(25)22-14-3-1-2-13(21)8-14/h1-8,16-17H,9-11H2,(H,22,25)/t16-,17+/m1/s1. The normalized spacial score (nSPS) is 22.3. The molecule has 0 aliphatic carbocycles. The predicted molar refractivity (Wildman–Crippen MR) is 120 cm³/mol. The molecule has 1 fully saturated rings. The second-order valence-corrected chi connectivity index (χ2v) is 10.8. The molecule has 29 heavy (non-hydrogen) atoms. The van der Waals surface area contributed by atoms with Gasteiger partial charge >= 0.3 is 0 Å². The maximum Gasteiger partial charge on any atom is 0.234 e. The van der Waals surface area contributed by atoms with Crippen LogP contribution in [0.2, 0.25) is 10.0 Å². The van der Waals surface area contributed by atoms with Crippen molar-refractivity contribution in [1.29, 1.82) is 0 Å². The van der Waals surface area contributed by atoms with Crippen molar-refractivity contribution >= 4 is 67.3 Å². The fraction of sp³-hybridized carbons (Fsp3) is 0.263. The first kappa shape index (κ1) is 20.5. The van der Waals surface area contributed by atoms with E-state index >= 15 is 0 Å². The number of carbonyl (C=O) groups excluding carboxylic acids is 1. The first-order valence-corrected chi connectivity index (χ1v) is 12.4. The van der Waals surface area contributed by atoms with E-state index in [1.54, 1.807) is 36.4 Å². The minimum atomic E-state index is -3.13. The Labute approximate surface area is 183 Å². The highest BCUT2D eigenvalue weighted by Crippen LogP contribution is 2.35. The van der Waals surface area contributed by atoms with Crippen molar-refractivity contribution in [3.05, 3.63) is 58.6 Å². The van der Waals surface area contributed by atoms with Crippen molar-refractivity contribution in [1.82, 2.24) is 0 Å². The van der Waals surface area contributed by atoms with E-state index in [1.165, 1.54) is 11.8 Å². The first-order chi connectivity index (χ1) is 13.8. The first-order valence-electron chi connectivity index (χ1n) is 8.82. The molecule has 2 aliphatic rings. The number of sulfone groups is 1. The van der Waals surface area contributed by atoms with Gasteiger partial charge in [-0.05, 0) is 42.5 Å². The van der Waals surface area contributed by atoms with Gasteiger partial charge in [-0.15, -0.1) is 0 Å². The Balaban J connectivity index is 1.50. The number of nitrogens with zero attached hydrogens (tertiary/aromatic N) is 2. The minimum Gasteiger partial charge on any atom is -0.325 e. The molecular formula is C19H17Cl2N3O3S2. The topological polar surface area (TPSA) is 78.8 Å². The van der Waals surface area contributed by atoms with Crippen LogP contribution in [0.1, 0.15) is 0 Å². The highest BCUT2D eigenvalue weighted by atomic mass is 35.5. The molecule has 0 radical (unpaired) electrons. The maximum atomic E-state index is 12.4. The monoisotopic (exact) mass is 469 g/mol. The Hall–Kier alpha value is -1.74. The number of rotatable bonds is 4. The molecule has 4 rings (SSSR count). The molecule has 0 bridgehead atoms. The molecule has 1 N–H and O–H groups in total.